The van der Waals surface area contributed by atoms with E-state index in [4.69, 9.17) is 0 Å². The average Bonchev–Trinajstić information content (AvgIpc) is 3.65. The molecule has 0 saturated carbocycles. The van der Waals surface area contributed by atoms with Gasteiger partial charge >= 0.3 is 0 Å². The second kappa shape index (κ2) is 14.4. The number of unbranched alkanes of at least 4 members (excludes halogenated alkanes) is 1. The van der Waals surface area contributed by atoms with Gasteiger partial charge in [-0.05, 0) is 66.6 Å². The predicted octanol–water partition coefficient (Wildman–Crippen LogP) is 9.41. The van der Waals surface area contributed by atoms with Crippen molar-refractivity contribution in [3.63, 3.8) is 0 Å². The molecule has 1 aliphatic heterocycles. The SMILES string of the molecule is CCCCN1C(=O)C(/C=C/c2ccc(/N=N/c3ccc(N(c4ccccc4)c4ccccc4)s3)cc2)=C(C#N)C1=C(C#N)C#N. The van der Waals surface area contributed by atoms with Crippen molar-refractivity contribution in [2.45, 2.75) is 19.8 Å². The van der Waals surface area contributed by atoms with E-state index in [2.05, 4.69) is 39.4 Å². The Morgan fingerprint density at radius 2 is 1.49 bits per heavy atom. The van der Waals surface area contributed by atoms with Crippen LogP contribution in [0.1, 0.15) is 25.3 Å². The Kier molecular flexibility index (Phi) is 9.72. The lowest BCUT2D eigenvalue weighted by Gasteiger charge is -2.23. The van der Waals surface area contributed by atoms with Crippen LogP contribution in [0.4, 0.5) is 27.1 Å². The Labute approximate surface area is 266 Å². The summed E-state index contributed by atoms with van der Waals surface area (Å²) < 4.78 is 0. The van der Waals surface area contributed by atoms with Gasteiger partial charge < -0.3 is 9.80 Å². The molecule has 4 aromatic rings. The molecule has 1 amide bonds. The third-order valence-electron chi connectivity index (χ3n) is 6.99. The van der Waals surface area contributed by atoms with E-state index in [1.165, 1.54) is 16.2 Å². The first-order chi connectivity index (χ1) is 22.1. The summed E-state index contributed by atoms with van der Waals surface area (Å²) in [7, 11) is 0. The molecule has 218 valence electrons. The summed E-state index contributed by atoms with van der Waals surface area (Å²) >= 11 is 1.53. The zero-order valence-corrected chi connectivity index (χ0v) is 25.3. The fourth-order valence-corrected chi connectivity index (χ4v) is 5.66. The smallest absolute Gasteiger partial charge is 0.259 e. The highest BCUT2D eigenvalue weighted by molar-refractivity contribution is 7.19. The first kappa shape index (κ1) is 30.4. The highest BCUT2D eigenvalue weighted by Crippen LogP contribution is 2.41. The number of carbonyl (C=O) groups is 1. The Bertz CT molecular complexity index is 1880. The fourth-order valence-electron chi connectivity index (χ4n) is 4.79. The molecule has 3 aromatic carbocycles. The molecular weight excluding hydrogens is 579 g/mol. The van der Waals surface area contributed by atoms with Gasteiger partial charge in [-0.25, -0.2) is 0 Å². The molecule has 0 bridgehead atoms. The standard InChI is InChI=1S/C36H27N7OS/c1-2-3-22-42-35(27(23-37)24-38)32(25-39)31(36(42)44)19-16-26-14-17-28(18-15-26)40-41-33-20-21-34(45-33)43(29-10-6-4-7-11-29)30-12-8-5-9-13-30/h4-21H,2-3,22H2,1H3/b19-16+,41-40+. The normalized spacial score (nSPS) is 12.9. The van der Waals surface area contributed by atoms with E-state index in [1.54, 1.807) is 12.2 Å². The first-order valence-corrected chi connectivity index (χ1v) is 15.1. The van der Waals surface area contributed by atoms with Crippen molar-refractivity contribution in [1.82, 2.24) is 4.90 Å². The summed E-state index contributed by atoms with van der Waals surface area (Å²) in [6.45, 7) is 2.30. The Balaban J connectivity index is 1.34. The number of anilines is 3. The number of hydrogen-bond acceptors (Lipinski definition) is 8. The highest BCUT2D eigenvalue weighted by atomic mass is 32.1. The van der Waals surface area contributed by atoms with Crippen LogP contribution in [-0.4, -0.2) is 17.4 Å². The van der Waals surface area contributed by atoms with Crippen LogP contribution >= 0.6 is 11.3 Å². The van der Waals surface area contributed by atoms with Crippen LogP contribution in [0.5, 0.6) is 0 Å². The van der Waals surface area contributed by atoms with Gasteiger partial charge in [0, 0.05) is 17.9 Å². The summed E-state index contributed by atoms with van der Waals surface area (Å²) in [6.07, 6.45) is 4.78. The van der Waals surface area contributed by atoms with E-state index in [0.29, 0.717) is 18.7 Å². The molecule has 9 heteroatoms. The molecule has 1 aromatic heterocycles. The van der Waals surface area contributed by atoms with E-state index in [1.807, 2.05) is 97.9 Å². The second-order valence-corrected chi connectivity index (χ2v) is 10.9. The van der Waals surface area contributed by atoms with Crippen LogP contribution in [0.25, 0.3) is 6.08 Å². The molecule has 1 aliphatic rings. The van der Waals surface area contributed by atoms with E-state index in [0.717, 1.165) is 33.4 Å². The van der Waals surface area contributed by atoms with Gasteiger partial charge in [-0.2, -0.15) is 15.8 Å². The molecule has 0 unspecified atom stereocenters. The van der Waals surface area contributed by atoms with Gasteiger partial charge in [-0.3, -0.25) is 4.79 Å². The summed E-state index contributed by atoms with van der Waals surface area (Å²) in [6, 6.07) is 37.3. The van der Waals surface area contributed by atoms with Gasteiger partial charge in [-0.1, -0.05) is 79.3 Å². The largest absolute Gasteiger partial charge is 0.305 e. The summed E-state index contributed by atoms with van der Waals surface area (Å²) in [5.41, 5.74) is 3.56. The van der Waals surface area contributed by atoms with Crippen LogP contribution in [0.15, 0.2) is 136 Å². The van der Waals surface area contributed by atoms with Crippen LogP contribution in [-0.2, 0) is 4.79 Å². The molecular formula is C36H27N7OS. The van der Waals surface area contributed by atoms with E-state index in [9.17, 15) is 20.6 Å². The van der Waals surface area contributed by atoms with Gasteiger partial charge in [0.15, 0.2) is 5.57 Å². The molecule has 2 heterocycles. The minimum atomic E-state index is -0.395. The second-order valence-electron chi connectivity index (χ2n) is 9.90. The van der Waals surface area contributed by atoms with E-state index >= 15 is 0 Å². The average molecular weight is 606 g/mol. The van der Waals surface area contributed by atoms with Crippen molar-refractivity contribution >= 4 is 50.4 Å². The molecule has 0 radical (unpaired) electrons. The van der Waals surface area contributed by atoms with Crippen molar-refractivity contribution in [3.05, 3.63) is 131 Å². The number of azo groups is 1. The lowest BCUT2D eigenvalue weighted by molar-refractivity contribution is -0.124. The number of thiophene rings is 1. The zero-order chi connectivity index (χ0) is 31.6. The van der Waals surface area contributed by atoms with Crippen molar-refractivity contribution in [2.75, 3.05) is 11.4 Å². The number of amides is 1. The van der Waals surface area contributed by atoms with Gasteiger partial charge in [0.1, 0.15) is 28.2 Å². The van der Waals surface area contributed by atoms with Crippen molar-refractivity contribution in [3.8, 4) is 18.2 Å². The lowest BCUT2D eigenvalue weighted by atomic mass is 10.1. The molecule has 8 nitrogen and oxygen atoms in total. The van der Waals surface area contributed by atoms with Crippen molar-refractivity contribution in [2.24, 2.45) is 10.2 Å². The first-order valence-electron chi connectivity index (χ1n) is 14.3. The maximum Gasteiger partial charge on any atom is 0.259 e. The Morgan fingerprint density at radius 1 is 0.844 bits per heavy atom. The lowest BCUT2D eigenvalue weighted by Crippen LogP contribution is -2.27. The molecule has 0 N–H and O–H groups in total. The molecule has 0 atom stereocenters. The molecule has 0 fully saturated rings. The van der Waals surface area contributed by atoms with Gasteiger partial charge in [0.2, 0.25) is 0 Å². The number of nitriles is 3. The fraction of sp³-hybridized carbons (Fsp3) is 0.111. The van der Waals surface area contributed by atoms with Crippen LogP contribution in [0.2, 0.25) is 0 Å². The third-order valence-corrected chi connectivity index (χ3v) is 7.94. The minimum Gasteiger partial charge on any atom is -0.305 e. The number of rotatable bonds is 10. The van der Waals surface area contributed by atoms with Crippen molar-refractivity contribution < 1.29 is 4.79 Å². The van der Waals surface area contributed by atoms with Gasteiger partial charge in [0.05, 0.1) is 22.5 Å². The number of allylic oxidation sites excluding steroid dienone is 2. The van der Waals surface area contributed by atoms with Crippen molar-refractivity contribution in [1.29, 1.82) is 15.8 Å². The molecule has 5 rings (SSSR count). The summed E-state index contributed by atoms with van der Waals surface area (Å²) in [4.78, 5) is 16.8. The van der Waals surface area contributed by atoms with Crippen LogP contribution in [0, 0.1) is 34.0 Å². The monoisotopic (exact) mass is 605 g/mol. The summed E-state index contributed by atoms with van der Waals surface area (Å²) in [5.74, 6) is -0.395. The predicted molar refractivity (Wildman–Crippen MR) is 176 cm³/mol. The molecule has 0 aliphatic carbocycles. The molecule has 0 spiro atoms. The number of nitrogens with zero attached hydrogens (tertiary/aromatic N) is 7. The third kappa shape index (κ3) is 6.78. The highest BCUT2D eigenvalue weighted by Gasteiger charge is 2.36. The topological polar surface area (TPSA) is 120 Å². The number of carbonyl (C=O) groups excluding carboxylic acids is 1. The molecule has 0 saturated heterocycles. The maximum atomic E-state index is 13.2. The Morgan fingerprint density at radius 3 is 2.07 bits per heavy atom. The zero-order valence-electron chi connectivity index (χ0n) is 24.5. The van der Waals surface area contributed by atoms with Crippen LogP contribution < -0.4 is 4.90 Å². The van der Waals surface area contributed by atoms with E-state index < -0.39 is 5.91 Å². The van der Waals surface area contributed by atoms with E-state index in [-0.39, 0.29) is 22.4 Å². The van der Waals surface area contributed by atoms with Gasteiger partial charge in [-0.15, -0.1) is 10.2 Å². The number of benzene rings is 3. The summed E-state index contributed by atoms with van der Waals surface area (Å²) in [5, 5.41) is 39.4. The minimum absolute atomic E-state index is 0.0317. The maximum absolute atomic E-state index is 13.2. The molecule has 45 heavy (non-hydrogen) atoms. The van der Waals surface area contributed by atoms with Crippen LogP contribution in [0.3, 0.4) is 0 Å². The number of para-hydroxylation sites is 2. The quantitative estimate of drug-likeness (QED) is 0.132. The number of hydrogen-bond donors (Lipinski definition) is 0. The Hall–Kier alpha value is -6.08. The van der Waals surface area contributed by atoms with Gasteiger partial charge in [0.25, 0.3) is 5.91 Å².